The Morgan fingerprint density at radius 1 is 0.234 bits per heavy atom. The Labute approximate surface area is 765 Å². The summed E-state index contributed by atoms with van der Waals surface area (Å²) >= 11 is -3.88. The monoisotopic (exact) mass is 1780 g/mol. The second-order valence-electron chi connectivity index (χ2n) is 27.9. The van der Waals surface area contributed by atoms with Crippen LogP contribution in [0.1, 0.15) is 22.3 Å². The molecule has 20 nitrogen and oxygen atoms in total. The van der Waals surface area contributed by atoms with Crippen LogP contribution in [0.25, 0.3) is 113 Å². The molecule has 5 heterocycles. The van der Waals surface area contributed by atoms with E-state index < -0.39 is 91.2 Å². The van der Waals surface area contributed by atoms with Gasteiger partial charge in [-0.05, 0) is 227 Å². The van der Waals surface area contributed by atoms with E-state index in [1.165, 1.54) is 35.4 Å². The molecular weight excluding hydrogens is 1710 g/mol. The molecule has 0 aliphatic rings. The van der Waals surface area contributed by atoms with Crippen molar-refractivity contribution in [2.24, 2.45) is 0 Å². The molecule has 128 heavy (non-hydrogen) atoms. The average Bonchev–Trinajstić information content (AvgIpc) is 1.68. The van der Waals surface area contributed by atoms with Crippen LogP contribution in [0, 0.1) is 26.6 Å². The van der Waals surface area contributed by atoms with Crippen molar-refractivity contribution >= 4 is 135 Å². The van der Waals surface area contributed by atoms with Crippen LogP contribution in [0.4, 0.5) is 17.6 Å². The molecule has 15 aromatic carbocycles. The fourth-order valence-electron chi connectivity index (χ4n) is 12.6. The molecule has 5 radical (unpaired) electrons. The summed E-state index contributed by atoms with van der Waals surface area (Å²) in [5, 5.41) is 0. The van der Waals surface area contributed by atoms with Crippen LogP contribution in [0.5, 0.6) is 57.5 Å². The molecule has 5 aromatic heterocycles. The van der Waals surface area contributed by atoms with Gasteiger partial charge in [-0.1, -0.05) is 175 Å². The van der Waals surface area contributed by atoms with E-state index in [0.29, 0.717) is 80.8 Å². The summed E-state index contributed by atoms with van der Waals surface area (Å²) in [4.78, 5) is 22.6. The molecule has 0 spiro atoms. The van der Waals surface area contributed by atoms with Crippen molar-refractivity contribution in [3.05, 3.63) is 392 Å². The van der Waals surface area contributed by atoms with Gasteiger partial charge >= 0.3 is 85.6 Å². The quantitative estimate of drug-likeness (QED) is 0.0383. The van der Waals surface area contributed by atoms with Gasteiger partial charge in [0.2, 0.25) is 29.5 Å². The molecule has 0 fully saturated rings. The van der Waals surface area contributed by atoms with Gasteiger partial charge in [-0.25, -0.2) is 29.3 Å². The fraction of sp³-hybridized carbons (Fsp3) is 0.0404. The number of aromatic nitrogens is 5. The minimum Gasteiger partial charge on any atom is -0.616 e. The smallest absolute Gasteiger partial charge is 0.616 e. The Morgan fingerprint density at radius 3 is 0.773 bits per heavy atom. The van der Waals surface area contributed by atoms with Gasteiger partial charge in [0.05, 0.1) is 90.9 Å². The highest BCUT2D eigenvalue weighted by Gasteiger charge is 2.30. The molecule has 0 aliphatic carbocycles. The van der Waals surface area contributed by atoms with Gasteiger partial charge in [0.25, 0.3) is 0 Å². The summed E-state index contributed by atoms with van der Waals surface area (Å²) in [6.07, 6.45) is -4.37. The van der Waals surface area contributed by atoms with Gasteiger partial charge in [-0.3, -0.25) is 0 Å². The highest BCUT2D eigenvalue weighted by molar-refractivity contribution is 6.22. The third kappa shape index (κ3) is 23.4. The molecule has 0 saturated carbocycles. The maximum Gasteiger partial charge on any atom is 0.881 e. The molecule has 29 heteroatoms. The first kappa shape index (κ1) is 87.5. The number of alkyl halides is 3. The van der Waals surface area contributed by atoms with Gasteiger partial charge < -0.3 is 60.0 Å². The molecular formula is C99H69Al5F4N5O15. The van der Waals surface area contributed by atoms with Crippen LogP contribution >= 0.6 is 0 Å². The van der Waals surface area contributed by atoms with Crippen molar-refractivity contribution in [3.63, 3.8) is 0 Å². The SMILES string of the molecule is Cc1ccc([O][Al][O]c2ccccc2-c2nc3ccccc3o2)c(C)c1.Cc1ccc([O][Al][O]c2ccccc2-c2nc3ccccc3o2)cc1.FC(F)(F)c1ccc([O][Al][O]c2ccccc2-c2nc3ccccc3o2)cc1.Fc1ccc([O][Al][O]c2ccccc2-c2nc3ccccc3o2)cc1.c1ccc([O][Al][O]c2ccccc2-c2nc3ccccc3o2)cc1. The van der Waals surface area contributed by atoms with E-state index in [2.05, 4.69) is 37.9 Å². The minimum atomic E-state index is -4.37. The maximum atomic E-state index is 12.9. The van der Waals surface area contributed by atoms with Gasteiger partial charge in [0.15, 0.2) is 27.9 Å². The van der Waals surface area contributed by atoms with Crippen molar-refractivity contribution in [2.45, 2.75) is 26.9 Å². The number of fused-ring (bicyclic) bond motifs is 5. The molecule has 0 unspecified atom stereocenters. The number of oxazole rings is 5. The summed E-state index contributed by atoms with van der Waals surface area (Å²) in [6.45, 7) is 6.15. The van der Waals surface area contributed by atoms with Crippen molar-refractivity contribution in [1.82, 2.24) is 24.9 Å². The lowest BCUT2D eigenvalue weighted by Crippen LogP contribution is -2.12. The molecule has 0 atom stereocenters. The number of halogens is 4. The molecule has 0 aliphatic heterocycles. The second-order valence-corrected chi connectivity index (χ2v) is 31.3. The van der Waals surface area contributed by atoms with Crippen LogP contribution in [0.2, 0.25) is 0 Å². The number of hydrogen-bond donors (Lipinski definition) is 0. The van der Waals surface area contributed by atoms with Crippen molar-refractivity contribution in [3.8, 4) is 115 Å². The zero-order chi connectivity index (χ0) is 87.8. The van der Waals surface area contributed by atoms with E-state index in [1.54, 1.807) is 24.3 Å². The number of hydrogen-bond acceptors (Lipinski definition) is 20. The maximum absolute atomic E-state index is 12.9. The third-order valence-electron chi connectivity index (χ3n) is 18.9. The normalized spacial score (nSPS) is 10.8. The minimum absolute atomic E-state index is 0.301. The summed E-state index contributed by atoms with van der Waals surface area (Å²) in [7, 11) is 0. The highest BCUT2D eigenvalue weighted by atomic mass is 27.2. The number of rotatable bonds is 25. The summed E-state index contributed by atoms with van der Waals surface area (Å²) < 4.78 is 137. The van der Waals surface area contributed by atoms with Crippen LogP contribution in [0.3, 0.4) is 0 Å². The first-order chi connectivity index (χ1) is 62.7. The van der Waals surface area contributed by atoms with Crippen LogP contribution in [-0.2, 0) is 6.18 Å². The summed E-state index contributed by atoms with van der Waals surface area (Å²) in [5.41, 5.74) is 14.4. The molecule has 0 saturated heterocycles. The van der Waals surface area contributed by atoms with E-state index in [9.17, 15) is 17.6 Å². The van der Waals surface area contributed by atoms with Gasteiger partial charge in [-0.15, -0.1) is 0 Å². The number of nitrogens with zero attached hydrogens (tertiary/aromatic N) is 5. The first-order valence-electron chi connectivity index (χ1n) is 39.8. The predicted octanol–water partition coefficient (Wildman–Crippen LogP) is 24.5. The molecule has 0 N–H and O–H groups in total. The Kier molecular flexibility index (Phi) is 29.3. The number of para-hydroxylation sites is 16. The van der Waals surface area contributed by atoms with E-state index in [1.807, 2.05) is 311 Å². The molecule has 623 valence electrons. The Balaban J connectivity index is 0.000000118. The number of benzene rings is 15. The van der Waals surface area contributed by atoms with Crippen molar-refractivity contribution < 1.29 is 77.5 Å². The summed E-state index contributed by atoms with van der Waals surface area (Å²) in [6, 6.07) is 110. The second kappa shape index (κ2) is 42.8. The van der Waals surface area contributed by atoms with Gasteiger partial charge in [0, 0.05) is 0 Å². The molecule has 20 aromatic rings. The first-order valence-corrected chi connectivity index (χ1v) is 44.5. The Morgan fingerprint density at radius 2 is 0.477 bits per heavy atom. The van der Waals surface area contributed by atoms with Crippen molar-refractivity contribution in [2.75, 3.05) is 0 Å². The fourth-order valence-corrected chi connectivity index (χ4v) is 15.8. The lowest BCUT2D eigenvalue weighted by atomic mass is 10.1. The largest absolute Gasteiger partial charge is 0.881 e. The third-order valence-corrected chi connectivity index (χ3v) is 22.5. The molecule has 20 rings (SSSR count). The average molecular weight is 1780 g/mol. The Bertz CT molecular complexity index is 6720. The zero-order valence-electron chi connectivity index (χ0n) is 68.4. The molecule has 0 bridgehead atoms. The topological polar surface area (TPSA) is 222 Å². The van der Waals surface area contributed by atoms with Gasteiger partial charge in [0.1, 0.15) is 33.4 Å². The lowest BCUT2D eigenvalue weighted by Gasteiger charge is -2.12. The highest BCUT2D eigenvalue weighted by Crippen LogP contribution is 2.39. The summed E-state index contributed by atoms with van der Waals surface area (Å²) in [5.74, 6) is 8.86. The Hall–Kier alpha value is -14.0. The standard InChI is InChI=1S/5C13H9NO2.C8H10O.C7H5F3O.C7H8O.C6H5FO.C6H6O.5Al/c5*15-11-7-3-1-5-9(11)13-14-10-6-2-4-8-12(10)16-13;1-6-3-4-8(9)7(2)5-6;8-7(9,10)5-1-3-6(11)4-2-5;1-6-2-4-7(8)5-3-6;7-5-1-3-6(8)4-2-5;7-6-4-2-1-3-5-6;;;;;/h5*1-8,15H;3-5,9H,1-2H3;1-4,11H;2-5,8H,1H3;1-4,8H;1-5,7H;;;;;/q;;;;;;;;;;5*+2/p-10. The van der Waals surface area contributed by atoms with Crippen LogP contribution in [0.15, 0.2) is 386 Å². The molecule has 0 amide bonds. The van der Waals surface area contributed by atoms with E-state index in [0.717, 1.165) is 107 Å². The van der Waals surface area contributed by atoms with Gasteiger partial charge in [-0.2, -0.15) is 13.2 Å². The van der Waals surface area contributed by atoms with Crippen LogP contribution < -0.4 is 37.9 Å². The lowest BCUT2D eigenvalue weighted by molar-refractivity contribution is -0.137. The number of aryl methyl sites for hydroxylation is 3. The van der Waals surface area contributed by atoms with Crippen LogP contribution in [-0.4, -0.2) is 104 Å². The zero-order valence-corrected chi connectivity index (χ0v) is 74.2. The van der Waals surface area contributed by atoms with Crippen molar-refractivity contribution in [1.29, 1.82) is 0 Å². The van der Waals surface area contributed by atoms with E-state index in [-0.39, 0.29) is 5.82 Å². The van der Waals surface area contributed by atoms with E-state index in [4.69, 9.17) is 60.0 Å². The predicted molar refractivity (Wildman–Crippen MR) is 484 cm³/mol. The van der Waals surface area contributed by atoms with E-state index >= 15 is 0 Å².